The van der Waals surface area contributed by atoms with Crippen LogP contribution in [0, 0.1) is 15.2 Å². The largest absolute Gasteiger partial charge is 0.451 e. The summed E-state index contributed by atoms with van der Waals surface area (Å²) in [5, 5.41) is 0. The van der Waals surface area contributed by atoms with Crippen LogP contribution >= 0.6 is 22.6 Å². The summed E-state index contributed by atoms with van der Waals surface area (Å²) >= 11 is 2.11. The molecular weight excluding hydrogens is 353 g/mol. The van der Waals surface area contributed by atoms with Gasteiger partial charge in [0, 0.05) is 9.13 Å². The fraction of sp³-hybridized carbons (Fsp3) is 0. The molecule has 0 atom stereocenters. The summed E-state index contributed by atoms with van der Waals surface area (Å²) in [7, 11) is 0. The van der Waals surface area contributed by atoms with E-state index in [0.29, 0.717) is 12.0 Å². The molecule has 0 aliphatic rings. The van der Waals surface area contributed by atoms with Crippen molar-refractivity contribution in [1.82, 2.24) is 0 Å². The Morgan fingerprint density at radius 2 is 1.61 bits per heavy atom. The minimum atomic E-state index is -0.907. The zero-order valence-corrected chi connectivity index (χ0v) is 11.1. The van der Waals surface area contributed by atoms with Crippen molar-refractivity contribution < 1.29 is 18.3 Å². The van der Waals surface area contributed by atoms with E-state index in [2.05, 4.69) is 22.6 Å². The van der Waals surface area contributed by atoms with Gasteiger partial charge in [0.05, 0.1) is 0 Å². The van der Waals surface area contributed by atoms with Gasteiger partial charge >= 0.3 is 0 Å². The van der Waals surface area contributed by atoms with E-state index in [0.717, 1.165) is 15.7 Å². The molecule has 0 saturated heterocycles. The molecule has 0 fully saturated rings. The molecule has 0 aromatic heterocycles. The van der Waals surface area contributed by atoms with Crippen molar-refractivity contribution in [3.63, 3.8) is 0 Å². The van der Waals surface area contributed by atoms with Crippen LogP contribution < -0.4 is 4.74 Å². The number of halogens is 3. The molecule has 0 spiro atoms. The predicted octanol–water partition coefficient (Wildman–Crippen LogP) is 4.17. The second-order valence-electron chi connectivity index (χ2n) is 3.49. The third kappa shape index (κ3) is 2.84. The highest BCUT2D eigenvalue weighted by molar-refractivity contribution is 14.1. The van der Waals surface area contributed by atoms with Crippen molar-refractivity contribution in [2.75, 3.05) is 0 Å². The molecule has 0 aliphatic carbocycles. The highest BCUT2D eigenvalue weighted by Gasteiger charge is 2.13. The van der Waals surface area contributed by atoms with Crippen LogP contribution in [0.15, 0.2) is 36.4 Å². The minimum absolute atomic E-state index is 0.0695. The summed E-state index contributed by atoms with van der Waals surface area (Å²) in [6, 6.07) is 8.58. The Morgan fingerprint density at radius 1 is 1.06 bits per heavy atom. The van der Waals surface area contributed by atoms with Crippen molar-refractivity contribution in [1.29, 1.82) is 0 Å². The fourth-order valence-electron chi connectivity index (χ4n) is 1.37. The highest BCUT2D eigenvalue weighted by Crippen LogP contribution is 2.28. The average molecular weight is 360 g/mol. The lowest BCUT2D eigenvalue weighted by atomic mass is 10.2. The van der Waals surface area contributed by atoms with Gasteiger partial charge in [0.15, 0.2) is 17.4 Å². The third-order valence-electron chi connectivity index (χ3n) is 2.19. The summed E-state index contributed by atoms with van der Waals surface area (Å²) < 4.78 is 33.2. The van der Waals surface area contributed by atoms with Crippen LogP contribution in [0.3, 0.4) is 0 Å². The molecule has 2 rings (SSSR count). The zero-order valence-electron chi connectivity index (χ0n) is 8.99. The van der Waals surface area contributed by atoms with Crippen LogP contribution in [-0.4, -0.2) is 6.29 Å². The van der Waals surface area contributed by atoms with Crippen LogP contribution in [-0.2, 0) is 0 Å². The maximum absolute atomic E-state index is 13.5. The monoisotopic (exact) mass is 360 g/mol. The fourth-order valence-corrected chi connectivity index (χ4v) is 1.73. The highest BCUT2D eigenvalue weighted by atomic mass is 127. The van der Waals surface area contributed by atoms with Crippen molar-refractivity contribution in [3.8, 4) is 11.5 Å². The van der Waals surface area contributed by atoms with Gasteiger partial charge in [-0.05, 0) is 59.0 Å². The number of hydrogen-bond donors (Lipinski definition) is 0. The lowest BCUT2D eigenvalue weighted by Crippen LogP contribution is -1.95. The summed E-state index contributed by atoms with van der Waals surface area (Å²) in [5.74, 6) is -2.00. The minimum Gasteiger partial charge on any atom is -0.451 e. The lowest BCUT2D eigenvalue weighted by molar-refractivity contribution is 0.112. The number of ether oxygens (including phenoxy) is 1. The molecule has 5 heteroatoms. The molecule has 92 valence electrons. The Morgan fingerprint density at radius 3 is 2.11 bits per heavy atom. The first-order valence-corrected chi connectivity index (χ1v) is 6.05. The maximum atomic E-state index is 13.5. The van der Waals surface area contributed by atoms with Gasteiger partial charge in [-0.25, -0.2) is 8.78 Å². The van der Waals surface area contributed by atoms with Crippen LogP contribution in [0.4, 0.5) is 8.78 Å². The Bertz CT molecular complexity index is 559. The number of carbonyl (C=O) groups excluding carboxylic acids is 1. The Hall–Kier alpha value is -1.50. The molecule has 0 bridgehead atoms. The molecule has 2 nitrogen and oxygen atoms in total. The van der Waals surface area contributed by atoms with Crippen molar-refractivity contribution in [3.05, 3.63) is 57.2 Å². The van der Waals surface area contributed by atoms with E-state index in [1.54, 1.807) is 24.3 Å². The van der Waals surface area contributed by atoms with Crippen molar-refractivity contribution in [2.24, 2.45) is 0 Å². The molecule has 0 saturated carbocycles. The van der Waals surface area contributed by atoms with Gasteiger partial charge in [0.2, 0.25) is 0 Å². The van der Waals surface area contributed by atoms with Gasteiger partial charge in [0.25, 0.3) is 0 Å². The average Bonchev–Trinajstić information content (AvgIpc) is 2.35. The number of aldehydes is 1. The standard InChI is InChI=1S/C13H7F2IO2/c14-11-5-8(7-17)6-12(15)13(11)18-10-3-1-9(16)2-4-10/h1-7H. The second-order valence-corrected chi connectivity index (χ2v) is 4.73. The van der Waals surface area contributed by atoms with Gasteiger partial charge in [0.1, 0.15) is 12.0 Å². The smallest absolute Gasteiger partial charge is 0.198 e. The van der Waals surface area contributed by atoms with Crippen LogP contribution in [0.2, 0.25) is 0 Å². The first-order chi connectivity index (χ1) is 8.60. The predicted molar refractivity (Wildman–Crippen MR) is 71.0 cm³/mol. The van der Waals surface area contributed by atoms with Gasteiger partial charge in [-0.3, -0.25) is 4.79 Å². The molecule has 0 N–H and O–H groups in total. The van der Waals surface area contributed by atoms with Crippen LogP contribution in [0.5, 0.6) is 11.5 Å². The first kappa shape index (κ1) is 12.9. The third-order valence-corrected chi connectivity index (χ3v) is 2.91. The number of carbonyl (C=O) groups is 1. The molecule has 18 heavy (non-hydrogen) atoms. The Balaban J connectivity index is 2.34. The second kappa shape index (κ2) is 5.43. The lowest BCUT2D eigenvalue weighted by Gasteiger charge is -2.08. The molecule has 2 aromatic carbocycles. The number of benzene rings is 2. The number of rotatable bonds is 3. The van der Waals surface area contributed by atoms with Crippen molar-refractivity contribution in [2.45, 2.75) is 0 Å². The van der Waals surface area contributed by atoms with E-state index >= 15 is 0 Å². The maximum Gasteiger partial charge on any atom is 0.198 e. The summed E-state index contributed by atoms with van der Waals surface area (Å²) in [6.45, 7) is 0. The number of hydrogen-bond acceptors (Lipinski definition) is 2. The van der Waals surface area contributed by atoms with Gasteiger partial charge in [-0.15, -0.1) is 0 Å². The van der Waals surface area contributed by atoms with E-state index in [1.165, 1.54) is 0 Å². The van der Waals surface area contributed by atoms with Crippen LogP contribution in [0.1, 0.15) is 10.4 Å². The molecular formula is C13H7F2IO2. The topological polar surface area (TPSA) is 26.3 Å². The summed E-state index contributed by atoms with van der Waals surface area (Å²) in [6.07, 6.45) is 0.376. The molecule has 0 radical (unpaired) electrons. The van der Waals surface area contributed by atoms with Crippen LogP contribution in [0.25, 0.3) is 0 Å². The Labute approximate surface area is 116 Å². The first-order valence-electron chi connectivity index (χ1n) is 4.98. The summed E-state index contributed by atoms with van der Waals surface area (Å²) in [5.41, 5.74) is -0.0695. The van der Waals surface area contributed by atoms with Gasteiger partial charge in [-0.2, -0.15) is 0 Å². The van der Waals surface area contributed by atoms with E-state index in [-0.39, 0.29) is 5.56 Å². The van der Waals surface area contributed by atoms with Gasteiger partial charge < -0.3 is 4.74 Å². The van der Waals surface area contributed by atoms with E-state index in [9.17, 15) is 13.6 Å². The Kier molecular flexibility index (Phi) is 3.90. The quantitative estimate of drug-likeness (QED) is 0.607. The normalized spacial score (nSPS) is 10.2. The van der Waals surface area contributed by atoms with E-state index in [1.807, 2.05) is 0 Å². The molecule has 0 unspecified atom stereocenters. The van der Waals surface area contributed by atoms with E-state index < -0.39 is 17.4 Å². The molecule has 0 amide bonds. The molecule has 0 aliphatic heterocycles. The SMILES string of the molecule is O=Cc1cc(F)c(Oc2ccc(I)cc2)c(F)c1. The molecule has 2 aromatic rings. The van der Waals surface area contributed by atoms with E-state index in [4.69, 9.17) is 4.74 Å². The zero-order chi connectivity index (χ0) is 13.1. The van der Waals surface area contributed by atoms with Crippen molar-refractivity contribution >= 4 is 28.9 Å². The summed E-state index contributed by atoms with van der Waals surface area (Å²) in [4.78, 5) is 10.4. The molecule has 0 heterocycles. The van der Waals surface area contributed by atoms with Gasteiger partial charge in [-0.1, -0.05) is 0 Å².